The molecule has 0 atom stereocenters. The van der Waals surface area contributed by atoms with Crippen molar-refractivity contribution in [3.63, 3.8) is 0 Å². The Balaban J connectivity index is 2.73. The summed E-state index contributed by atoms with van der Waals surface area (Å²) in [6.45, 7) is 2.04. The van der Waals surface area contributed by atoms with E-state index < -0.39 is 0 Å². The molecule has 0 amide bonds. The molecular formula is C9H13FN2. The summed E-state index contributed by atoms with van der Waals surface area (Å²) in [4.78, 5) is 5.93. The lowest BCUT2D eigenvalue weighted by Gasteiger charge is -2.17. The summed E-state index contributed by atoms with van der Waals surface area (Å²) in [6, 6.07) is 3.82. The van der Waals surface area contributed by atoms with E-state index in [1.54, 1.807) is 6.20 Å². The molecule has 0 saturated carbocycles. The fourth-order valence-electron chi connectivity index (χ4n) is 1.02. The van der Waals surface area contributed by atoms with Gasteiger partial charge in [-0.3, -0.25) is 4.98 Å². The second kappa shape index (κ2) is 4.04. The third kappa shape index (κ3) is 2.19. The predicted molar refractivity (Wildman–Crippen MR) is 48.2 cm³/mol. The quantitative estimate of drug-likeness (QED) is 0.684. The molecule has 66 valence electrons. The highest BCUT2D eigenvalue weighted by Crippen LogP contribution is 2.11. The van der Waals surface area contributed by atoms with Crippen LogP contribution in [0.25, 0.3) is 0 Å². The second-order valence-electron chi connectivity index (χ2n) is 2.77. The Labute approximate surface area is 72.0 Å². The Morgan fingerprint density at radius 3 is 2.92 bits per heavy atom. The molecule has 0 aliphatic rings. The van der Waals surface area contributed by atoms with Crippen molar-refractivity contribution in [2.24, 2.45) is 0 Å². The number of aromatic nitrogens is 1. The highest BCUT2D eigenvalue weighted by molar-refractivity contribution is 5.45. The topological polar surface area (TPSA) is 16.1 Å². The number of halogens is 1. The first-order valence-electron chi connectivity index (χ1n) is 3.94. The van der Waals surface area contributed by atoms with Crippen LogP contribution in [0.15, 0.2) is 18.3 Å². The maximum absolute atomic E-state index is 12.0. The highest BCUT2D eigenvalue weighted by Gasteiger charge is 1.99. The number of hydrogen-bond acceptors (Lipinski definition) is 2. The fraction of sp³-hybridized carbons (Fsp3) is 0.444. The monoisotopic (exact) mass is 168 g/mol. The summed E-state index contributed by atoms with van der Waals surface area (Å²) in [6.07, 6.45) is 1.74. The van der Waals surface area contributed by atoms with E-state index in [0.717, 1.165) is 11.4 Å². The third-order valence-electron chi connectivity index (χ3n) is 1.74. The molecular weight excluding hydrogens is 155 g/mol. The van der Waals surface area contributed by atoms with Crippen molar-refractivity contribution < 1.29 is 4.39 Å². The molecule has 0 saturated heterocycles. The van der Waals surface area contributed by atoms with Gasteiger partial charge < -0.3 is 4.90 Å². The van der Waals surface area contributed by atoms with Crippen molar-refractivity contribution in [2.45, 2.75) is 6.92 Å². The van der Waals surface area contributed by atoms with Crippen LogP contribution in [0.2, 0.25) is 0 Å². The minimum absolute atomic E-state index is 0.322. The number of rotatable bonds is 3. The Hall–Kier alpha value is -1.12. The number of pyridine rings is 1. The van der Waals surface area contributed by atoms with Gasteiger partial charge in [-0.2, -0.15) is 0 Å². The number of alkyl halides is 1. The summed E-state index contributed by atoms with van der Waals surface area (Å²) in [5, 5.41) is 0. The van der Waals surface area contributed by atoms with Crippen molar-refractivity contribution in [1.29, 1.82) is 0 Å². The molecule has 0 unspecified atom stereocenters. The molecule has 1 aromatic rings. The van der Waals surface area contributed by atoms with Crippen LogP contribution in [0.3, 0.4) is 0 Å². The molecule has 0 aliphatic carbocycles. The number of aryl methyl sites for hydroxylation is 1. The van der Waals surface area contributed by atoms with Crippen molar-refractivity contribution in [3.8, 4) is 0 Å². The van der Waals surface area contributed by atoms with Crippen molar-refractivity contribution in [2.75, 3.05) is 25.2 Å². The highest BCUT2D eigenvalue weighted by atomic mass is 19.1. The molecule has 0 spiro atoms. The molecule has 1 heterocycles. The summed E-state index contributed by atoms with van der Waals surface area (Å²) < 4.78 is 12.0. The van der Waals surface area contributed by atoms with Crippen LogP contribution < -0.4 is 4.90 Å². The Morgan fingerprint density at radius 2 is 2.33 bits per heavy atom. The smallest absolute Gasteiger partial charge is 0.107 e. The lowest BCUT2D eigenvalue weighted by molar-refractivity contribution is 0.497. The van der Waals surface area contributed by atoms with Gasteiger partial charge in [-0.25, -0.2) is 4.39 Å². The summed E-state index contributed by atoms with van der Waals surface area (Å²) >= 11 is 0. The van der Waals surface area contributed by atoms with E-state index in [9.17, 15) is 4.39 Å². The Kier molecular flexibility index (Phi) is 3.02. The number of hydrogen-bond donors (Lipinski definition) is 0. The van der Waals surface area contributed by atoms with Gasteiger partial charge in [-0.1, -0.05) is 0 Å². The maximum atomic E-state index is 12.0. The fourth-order valence-corrected chi connectivity index (χ4v) is 1.02. The molecule has 0 fully saturated rings. The van der Waals surface area contributed by atoms with E-state index in [0.29, 0.717) is 6.54 Å². The van der Waals surface area contributed by atoms with E-state index in [-0.39, 0.29) is 6.67 Å². The molecule has 3 heteroatoms. The standard InChI is InChI=1S/C9H13FN2/c1-8-7-9(3-5-11-8)12(2)6-4-10/h3,5,7H,4,6H2,1-2H3. The van der Waals surface area contributed by atoms with E-state index in [4.69, 9.17) is 0 Å². The van der Waals surface area contributed by atoms with Gasteiger partial charge in [-0.15, -0.1) is 0 Å². The lowest BCUT2D eigenvalue weighted by atomic mass is 10.3. The average molecular weight is 168 g/mol. The van der Waals surface area contributed by atoms with E-state index in [1.807, 2.05) is 31.0 Å². The first-order valence-corrected chi connectivity index (χ1v) is 3.94. The molecule has 2 nitrogen and oxygen atoms in total. The average Bonchev–Trinajstić information content (AvgIpc) is 2.05. The molecule has 1 aromatic heterocycles. The van der Waals surface area contributed by atoms with Crippen LogP contribution in [-0.4, -0.2) is 25.3 Å². The molecule has 12 heavy (non-hydrogen) atoms. The van der Waals surface area contributed by atoms with Gasteiger partial charge in [0.1, 0.15) is 6.67 Å². The van der Waals surface area contributed by atoms with E-state index >= 15 is 0 Å². The molecule has 0 aliphatic heterocycles. The summed E-state index contributed by atoms with van der Waals surface area (Å²) in [5.41, 5.74) is 1.97. The maximum Gasteiger partial charge on any atom is 0.107 e. The van der Waals surface area contributed by atoms with E-state index in [2.05, 4.69) is 4.98 Å². The zero-order valence-corrected chi connectivity index (χ0v) is 7.42. The second-order valence-corrected chi connectivity index (χ2v) is 2.77. The van der Waals surface area contributed by atoms with Crippen molar-refractivity contribution >= 4 is 5.69 Å². The van der Waals surface area contributed by atoms with Gasteiger partial charge >= 0.3 is 0 Å². The predicted octanol–water partition coefficient (Wildman–Crippen LogP) is 1.80. The normalized spacial score (nSPS) is 9.92. The Bertz CT molecular complexity index is 250. The molecule has 0 bridgehead atoms. The van der Waals surface area contributed by atoms with Crippen molar-refractivity contribution in [1.82, 2.24) is 4.98 Å². The van der Waals surface area contributed by atoms with Crippen molar-refractivity contribution in [3.05, 3.63) is 24.0 Å². The zero-order chi connectivity index (χ0) is 8.97. The van der Waals surface area contributed by atoms with Crippen LogP contribution in [0.5, 0.6) is 0 Å². The van der Waals surface area contributed by atoms with Crippen LogP contribution in [0.1, 0.15) is 5.69 Å². The zero-order valence-electron chi connectivity index (χ0n) is 7.42. The van der Waals surface area contributed by atoms with Gasteiger partial charge in [0.05, 0.1) is 0 Å². The minimum Gasteiger partial charge on any atom is -0.372 e. The Morgan fingerprint density at radius 1 is 1.58 bits per heavy atom. The lowest BCUT2D eigenvalue weighted by Crippen LogP contribution is -2.19. The molecule has 0 radical (unpaired) electrons. The van der Waals surface area contributed by atoms with Crippen LogP contribution >= 0.6 is 0 Å². The SMILES string of the molecule is Cc1cc(N(C)CCF)ccn1. The van der Waals surface area contributed by atoms with Gasteiger partial charge in [0.25, 0.3) is 0 Å². The molecule has 0 aromatic carbocycles. The number of anilines is 1. The van der Waals surface area contributed by atoms with Crippen LogP contribution in [0, 0.1) is 6.92 Å². The summed E-state index contributed by atoms with van der Waals surface area (Å²) in [7, 11) is 1.87. The van der Waals surface area contributed by atoms with Gasteiger partial charge in [0.2, 0.25) is 0 Å². The van der Waals surface area contributed by atoms with Gasteiger partial charge in [-0.05, 0) is 19.1 Å². The first-order chi connectivity index (χ1) is 5.74. The van der Waals surface area contributed by atoms with Gasteiger partial charge in [0.15, 0.2) is 0 Å². The summed E-state index contributed by atoms with van der Waals surface area (Å²) in [5.74, 6) is 0. The largest absolute Gasteiger partial charge is 0.372 e. The van der Waals surface area contributed by atoms with Gasteiger partial charge in [0, 0.05) is 31.2 Å². The number of nitrogens with zero attached hydrogens (tertiary/aromatic N) is 2. The van der Waals surface area contributed by atoms with E-state index in [1.165, 1.54) is 0 Å². The third-order valence-corrected chi connectivity index (χ3v) is 1.74. The van der Waals surface area contributed by atoms with Crippen LogP contribution in [-0.2, 0) is 0 Å². The minimum atomic E-state index is -0.322. The molecule has 1 rings (SSSR count). The first kappa shape index (κ1) is 8.97. The molecule has 0 N–H and O–H groups in total. The van der Waals surface area contributed by atoms with Crippen LogP contribution in [0.4, 0.5) is 10.1 Å².